The fraction of sp³-hybridized carbons (Fsp3) is 0.304. The topological polar surface area (TPSA) is 63.5 Å². The van der Waals surface area contributed by atoms with Gasteiger partial charge in [0.1, 0.15) is 0 Å². The lowest BCUT2D eigenvalue weighted by molar-refractivity contribution is 0.128. The zero-order chi connectivity index (χ0) is 20.3. The summed E-state index contributed by atoms with van der Waals surface area (Å²) in [5, 5.41) is 11.1. The second-order valence-electron chi connectivity index (χ2n) is 6.71. The van der Waals surface area contributed by atoms with Crippen molar-refractivity contribution in [3.63, 3.8) is 0 Å². The van der Waals surface area contributed by atoms with Crippen molar-refractivity contribution < 1.29 is 4.74 Å². The Hall–Kier alpha value is -2.39. The van der Waals surface area contributed by atoms with Gasteiger partial charge >= 0.3 is 0 Å². The van der Waals surface area contributed by atoms with E-state index in [-0.39, 0.29) is 30.0 Å². The second kappa shape index (κ2) is 13.0. The molecular weight excluding hydrogens is 489 g/mol. The Bertz CT molecular complexity index is 884. The minimum atomic E-state index is 0. The van der Waals surface area contributed by atoms with E-state index in [2.05, 4.69) is 58.8 Å². The molecule has 0 aliphatic heterocycles. The normalized spacial score (nSPS) is 12.1. The Balaban J connectivity index is 0.00000320. The van der Waals surface area contributed by atoms with Gasteiger partial charge in [0.25, 0.3) is 0 Å². The molecule has 0 radical (unpaired) electrons. The highest BCUT2D eigenvalue weighted by molar-refractivity contribution is 14.0. The molecule has 3 aromatic rings. The Labute approximate surface area is 195 Å². The van der Waals surface area contributed by atoms with Gasteiger partial charge in [-0.15, -0.1) is 24.0 Å². The summed E-state index contributed by atoms with van der Waals surface area (Å²) in [5.41, 5.74) is 3.38. The van der Waals surface area contributed by atoms with Crippen LogP contribution in [0.5, 0.6) is 0 Å². The Morgan fingerprint density at radius 3 is 2.70 bits per heavy atom. The van der Waals surface area contributed by atoms with Gasteiger partial charge in [0.05, 0.1) is 31.5 Å². The molecule has 0 spiro atoms. The molecule has 0 fully saturated rings. The molecule has 2 N–H and O–H groups in total. The van der Waals surface area contributed by atoms with Crippen LogP contribution in [0.3, 0.4) is 0 Å². The van der Waals surface area contributed by atoms with E-state index in [1.165, 1.54) is 11.1 Å². The second-order valence-corrected chi connectivity index (χ2v) is 6.71. The lowest BCUT2D eigenvalue weighted by Gasteiger charge is -2.19. The maximum atomic E-state index is 5.72. The molecule has 6 nitrogen and oxygen atoms in total. The van der Waals surface area contributed by atoms with Crippen molar-refractivity contribution >= 4 is 29.9 Å². The summed E-state index contributed by atoms with van der Waals surface area (Å²) in [6.07, 6.45) is 3.72. The van der Waals surface area contributed by atoms with Gasteiger partial charge in [0.15, 0.2) is 5.96 Å². The van der Waals surface area contributed by atoms with Gasteiger partial charge in [-0.25, -0.2) is 4.68 Å². The van der Waals surface area contributed by atoms with Gasteiger partial charge in [-0.3, -0.25) is 4.99 Å². The number of nitrogens with one attached hydrogen (secondary N) is 2. The number of hydrogen-bond donors (Lipinski definition) is 2. The smallest absolute Gasteiger partial charge is 0.191 e. The van der Waals surface area contributed by atoms with Crippen molar-refractivity contribution in [1.29, 1.82) is 0 Å². The molecule has 0 aliphatic rings. The van der Waals surface area contributed by atoms with E-state index in [1.807, 2.05) is 47.3 Å². The SMILES string of the molecule is CCNC(=NCCOCc1ccccc1)NC(C)c1cccc(-n2cccn2)c1.I. The standard InChI is InChI=1S/C23H29N5O.HI/c1-3-24-23(25-14-16-29-18-20-9-5-4-6-10-20)27-19(2)21-11-7-12-22(17-21)28-15-8-13-26-28;/h4-13,15,17,19H,3,14,16,18H2,1-2H3,(H2,24,25,27);1H. The number of hydrogen-bond acceptors (Lipinski definition) is 3. The van der Waals surface area contributed by atoms with Gasteiger partial charge in [-0.1, -0.05) is 42.5 Å². The predicted octanol–water partition coefficient (Wildman–Crippen LogP) is 4.32. The quantitative estimate of drug-likeness (QED) is 0.191. The Morgan fingerprint density at radius 2 is 1.97 bits per heavy atom. The molecule has 0 saturated carbocycles. The van der Waals surface area contributed by atoms with E-state index >= 15 is 0 Å². The third-order valence-corrected chi connectivity index (χ3v) is 4.45. The van der Waals surface area contributed by atoms with E-state index in [0.717, 1.165) is 18.2 Å². The largest absolute Gasteiger partial charge is 0.375 e. The number of aliphatic imine (C=N–C) groups is 1. The van der Waals surface area contributed by atoms with E-state index in [9.17, 15) is 0 Å². The molecule has 1 unspecified atom stereocenters. The van der Waals surface area contributed by atoms with Crippen LogP contribution in [0.25, 0.3) is 5.69 Å². The molecular formula is C23H30IN5O. The average Bonchev–Trinajstić information content (AvgIpc) is 3.29. The molecule has 2 aromatic carbocycles. The molecule has 30 heavy (non-hydrogen) atoms. The molecule has 1 atom stereocenters. The number of nitrogens with zero attached hydrogens (tertiary/aromatic N) is 3. The lowest BCUT2D eigenvalue weighted by atomic mass is 10.1. The molecule has 0 bridgehead atoms. The highest BCUT2D eigenvalue weighted by atomic mass is 127. The Morgan fingerprint density at radius 1 is 1.13 bits per heavy atom. The van der Waals surface area contributed by atoms with Crippen molar-refractivity contribution in [1.82, 2.24) is 20.4 Å². The number of halogens is 1. The first-order valence-corrected chi connectivity index (χ1v) is 10.0. The molecule has 160 valence electrons. The van der Waals surface area contributed by atoms with Gasteiger partial charge < -0.3 is 15.4 Å². The first-order chi connectivity index (χ1) is 14.3. The van der Waals surface area contributed by atoms with Crippen LogP contribution in [-0.2, 0) is 11.3 Å². The molecule has 0 amide bonds. The molecule has 7 heteroatoms. The van der Waals surface area contributed by atoms with Crippen molar-refractivity contribution in [3.05, 3.63) is 84.2 Å². The summed E-state index contributed by atoms with van der Waals surface area (Å²) in [5.74, 6) is 0.785. The number of rotatable bonds is 9. The van der Waals surface area contributed by atoms with Crippen LogP contribution in [0, 0.1) is 0 Å². The van der Waals surface area contributed by atoms with Crippen LogP contribution in [0.15, 0.2) is 78.0 Å². The van der Waals surface area contributed by atoms with Crippen molar-refractivity contribution in [2.24, 2.45) is 4.99 Å². The highest BCUT2D eigenvalue weighted by Gasteiger charge is 2.09. The molecule has 1 aromatic heterocycles. The third-order valence-electron chi connectivity index (χ3n) is 4.45. The highest BCUT2D eigenvalue weighted by Crippen LogP contribution is 2.16. The summed E-state index contributed by atoms with van der Waals surface area (Å²) in [4.78, 5) is 4.63. The molecule has 0 aliphatic carbocycles. The first-order valence-electron chi connectivity index (χ1n) is 10.0. The number of aromatic nitrogens is 2. The van der Waals surface area contributed by atoms with Crippen LogP contribution in [-0.4, -0.2) is 35.4 Å². The number of ether oxygens (including phenoxy) is 1. The van der Waals surface area contributed by atoms with E-state index in [4.69, 9.17) is 4.74 Å². The van der Waals surface area contributed by atoms with Crippen LogP contribution < -0.4 is 10.6 Å². The van der Waals surface area contributed by atoms with Gasteiger partial charge in [0, 0.05) is 18.9 Å². The van der Waals surface area contributed by atoms with E-state index in [1.54, 1.807) is 6.20 Å². The van der Waals surface area contributed by atoms with Gasteiger partial charge in [0.2, 0.25) is 0 Å². The summed E-state index contributed by atoms with van der Waals surface area (Å²) in [7, 11) is 0. The minimum Gasteiger partial charge on any atom is -0.375 e. The van der Waals surface area contributed by atoms with Gasteiger partial charge in [-0.05, 0) is 43.2 Å². The molecule has 0 saturated heterocycles. The predicted molar refractivity (Wildman–Crippen MR) is 133 cm³/mol. The number of benzene rings is 2. The van der Waals surface area contributed by atoms with E-state index < -0.39 is 0 Å². The van der Waals surface area contributed by atoms with Crippen molar-refractivity contribution in [2.75, 3.05) is 19.7 Å². The lowest BCUT2D eigenvalue weighted by Crippen LogP contribution is -2.39. The summed E-state index contributed by atoms with van der Waals surface area (Å²) < 4.78 is 7.58. The third kappa shape index (κ3) is 7.46. The Kier molecular flexibility index (Phi) is 10.4. The van der Waals surface area contributed by atoms with Crippen LogP contribution in [0.2, 0.25) is 0 Å². The fourth-order valence-electron chi connectivity index (χ4n) is 2.95. The summed E-state index contributed by atoms with van der Waals surface area (Å²) in [6, 6.07) is 20.5. The monoisotopic (exact) mass is 519 g/mol. The van der Waals surface area contributed by atoms with Crippen LogP contribution >= 0.6 is 24.0 Å². The zero-order valence-corrected chi connectivity index (χ0v) is 19.8. The first kappa shape index (κ1) is 23.9. The van der Waals surface area contributed by atoms with Crippen LogP contribution in [0.1, 0.15) is 31.0 Å². The minimum absolute atomic E-state index is 0. The number of guanidine groups is 1. The maximum absolute atomic E-state index is 5.72. The van der Waals surface area contributed by atoms with Crippen molar-refractivity contribution in [3.8, 4) is 5.69 Å². The maximum Gasteiger partial charge on any atom is 0.191 e. The molecule has 3 rings (SSSR count). The van der Waals surface area contributed by atoms with Crippen molar-refractivity contribution in [2.45, 2.75) is 26.5 Å². The zero-order valence-electron chi connectivity index (χ0n) is 17.5. The summed E-state index contributed by atoms with van der Waals surface area (Å²) >= 11 is 0. The summed E-state index contributed by atoms with van der Waals surface area (Å²) in [6.45, 7) is 6.78. The molecule has 1 heterocycles. The fourth-order valence-corrected chi connectivity index (χ4v) is 2.95. The van der Waals surface area contributed by atoms with Crippen LogP contribution in [0.4, 0.5) is 0 Å². The average molecular weight is 519 g/mol. The van der Waals surface area contributed by atoms with Gasteiger partial charge in [-0.2, -0.15) is 5.10 Å². The van der Waals surface area contributed by atoms with E-state index in [0.29, 0.717) is 19.8 Å².